The van der Waals surface area contributed by atoms with Crippen LogP contribution < -0.4 is 0 Å². The lowest BCUT2D eigenvalue weighted by Gasteiger charge is -2.12. The highest BCUT2D eigenvalue weighted by molar-refractivity contribution is 5.88. The van der Waals surface area contributed by atoms with Gasteiger partial charge in [0.05, 0.1) is 0 Å². The first-order valence-electron chi connectivity index (χ1n) is 4.71. The second kappa shape index (κ2) is 8.29. The molecular weight excluding hydrogens is 180 g/mol. The standard InChI is InChI=1S/C10H18N2O2/c1-4-5-6-7-8-12(9-13)10(2)11-14-3/h6-7,9H,4-5,8H2,1-3H3/b7-6-,11-10-. The van der Waals surface area contributed by atoms with E-state index in [9.17, 15) is 4.79 Å². The van der Waals surface area contributed by atoms with Crippen LogP contribution in [0.1, 0.15) is 26.7 Å². The molecule has 4 heteroatoms. The highest BCUT2D eigenvalue weighted by Crippen LogP contribution is 1.92. The molecule has 0 aromatic rings. The van der Waals surface area contributed by atoms with Crippen LogP contribution in [0.4, 0.5) is 0 Å². The van der Waals surface area contributed by atoms with E-state index in [1.807, 2.05) is 6.08 Å². The Hall–Kier alpha value is -1.32. The SMILES string of the molecule is CCC/C=C\CN(C=O)/C(C)=N\OC. The van der Waals surface area contributed by atoms with Gasteiger partial charge >= 0.3 is 0 Å². The van der Waals surface area contributed by atoms with Crippen molar-refractivity contribution < 1.29 is 9.63 Å². The summed E-state index contributed by atoms with van der Waals surface area (Å²) in [5.74, 6) is 0.559. The molecule has 0 aliphatic carbocycles. The molecule has 80 valence electrons. The molecule has 0 saturated carbocycles. The van der Waals surface area contributed by atoms with E-state index < -0.39 is 0 Å². The lowest BCUT2D eigenvalue weighted by Crippen LogP contribution is -2.27. The average molecular weight is 198 g/mol. The third-order valence-electron chi connectivity index (χ3n) is 1.69. The van der Waals surface area contributed by atoms with E-state index in [1.54, 1.807) is 6.92 Å². The van der Waals surface area contributed by atoms with E-state index in [0.717, 1.165) is 19.3 Å². The maximum absolute atomic E-state index is 10.6. The molecule has 0 fully saturated rings. The van der Waals surface area contributed by atoms with Crippen molar-refractivity contribution in [2.24, 2.45) is 5.16 Å². The molecule has 0 rings (SSSR count). The van der Waals surface area contributed by atoms with E-state index >= 15 is 0 Å². The first-order valence-corrected chi connectivity index (χ1v) is 4.71. The predicted octanol–water partition coefficient (Wildman–Crippen LogP) is 1.78. The normalized spacial score (nSPS) is 11.8. The second-order valence-corrected chi connectivity index (χ2v) is 2.84. The van der Waals surface area contributed by atoms with Crippen LogP contribution in [0.25, 0.3) is 0 Å². The number of allylic oxidation sites excluding steroid dienone is 1. The van der Waals surface area contributed by atoms with Gasteiger partial charge in [-0.3, -0.25) is 9.69 Å². The van der Waals surface area contributed by atoms with Gasteiger partial charge in [0.15, 0.2) is 0 Å². The summed E-state index contributed by atoms with van der Waals surface area (Å²) in [7, 11) is 1.46. The van der Waals surface area contributed by atoms with Crippen molar-refractivity contribution in [2.75, 3.05) is 13.7 Å². The molecule has 0 atom stereocenters. The Labute approximate surface area is 85.2 Å². The summed E-state index contributed by atoms with van der Waals surface area (Å²) >= 11 is 0. The summed E-state index contributed by atoms with van der Waals surface area (Å²) in [4.78, 5) is 16.7. The molecule has 14 heavy (non-hydrogen) atoms. The Bertz CT molecular complexity index is 212. The molecule has 0 aromatic carbocycles. The highest BCUT2D eigenvalue weighted by atomic mass is 16.6. The number of hydrogen-bond acceptors (Lipinski definition) is 3. The van der Waals surface area contributed by atoms with Crippen LogP contribution in [-0.2, 0) is 9.63 Å². The fourth-order valence-electron chi connectivity index (χ4n) is 0.909. The van der Waals surface area contributed by atoms with Gasteiger partial charge < -0.3 is 4.84 Å². The lowest BCUT2D eigenvalue weighted by molar-refractivity contribution is -0.114. The minimum absolute atomic E-state index is 0.544. The summed E-state index contributed by atoms with van der Waals surface area (Å²) in [6, 6.07) is 0. The monoisotopic (exact) mass is 198 g/mol. The van der Waals surface area contributed by atoms with E-state index in [-0.39, 0.29) is 0 Å². The Kier molecular flexibility index (Phi) is 7.50. The Morgan fingerprint density at radius 3 is 2.71 bits per heavy atom. The van der Waals surface area contributed by atoms with E-state index in [0.29, 0.717) is 12.4 Å². The van der Waals surface area contributed by atoms with Crippen LogP contribution >= 0.6 is 0 Å². The molecule has 0 unspecified atom stereocenters. The van der Waals surface area contributed by atoms with Crippen molar-refractivity contribution in [1.29, 1.82) is 0 Å². The first kappa shape index (κ1) is 12.7. The predicted molar refractivity (Wildman–Crippen MR) is 56.9 cm³/mol. The number of nitrogens with zero attached hydrogens (tertiary/aromatic N) is 2. The smallest absolute Gasteiger partial charge is 0.215 e. The highest BCUT2D eigenvalue weighted by Gasteiger charge is 2.02. The molecule has 0 aliphatic heterocycles. The number of amidine groups is 1. The molecule has 0 bridgehead atoms. The van der Waals surface area contributed by atoms with Gasteiger partial charge in [-0.1, -0.05) is 30.7 Å². The van der Waals surface area contributed by atoms with Gasteiger partial charge in [0.2, 0.25) is 6.41 Å². The minimum atomic E-state index is 0.544. The van der Waals surface area contributed by atoms with E-state index in [4.69, 9.17) is 0 Å². The number of rotatable bonds is 6. The number of oxime groups is 1. The fourth-order valence-corrected chi connectivity index (χ4v) is 0.909. The maximum atomic E-state index is 10.6. The molecule has 0 heterocycles. The van der Waals surface area contributed by atoms with Crippen LogP contribution in [0.2, 0.25) is 0 Å². The van der Waals surface area contributed by atoms with Crippen molar-refractivity contribution in [3.8, 4) is 0 Å². The zero-order valence-electron chi connectivity index (χ0n) is 9.06. The number of amides is 1. The number of unbranched alkanes of at least 4 members (excludes halogenated alkanes) is 1. The average Bonchev–Trinajstić information content (AvgIpc) is 2.18. The van der Waals surface area contributed by atoms with Gasteiger partial charge in [-0.05, 0) is 13.3 Å². The van der Waals surface area contributed by atoms with Gasteiger partial charge in [0, 0.05) is 6.54 Å². The molecule has 0 aromatic heterocycles. The van der Waals surface area contributed by atoms with Gasteiger partial charge in [-0.15, -0.1) is 0 Å². The molecule has 0 N–H and O–H groups in total. The fraction of sp³-hybridized carbons (Fsp3) is 0.600. The third kappa shape index (κ3) is 5.35. The van der Waals surface area contributed by atoms with Crippen LogP contribution in [0, 0.1) is 0 Å². The Morgan fingerprint density at radius 2 is 2.21 bits per heavy atom. The third-order valence-corrected chi connectivity index (χ3v) is 1.69. The Balaban J connectivity index is 4.02. The minimum Gasteiger partial charge on any atom is -0.398 e. The zero-order valence-corrected chi connectivity index (χ0v) is 9.06. The van der Waals surface area contributed by atoms with E-state index in [2.05, 4.69) is 23.0 Å². The molecule has 0 aliphatic rings. The van der Waals surface area contributed by atoms with Crippen molar-refractivity contribution in [2.45, 2.75) is 26.7 Å². The van der Waals surface area contributed by atoms with Crippen LogP contribution in [0.3, 0.4) is 0 Å². The van der Waals surface area contributed by atoms with Gasteiger partial charge in [-0.2, -0.15) is 0 Å². The van der Waals surface area contributed by atoms with Crippen LogP contribution in [-0.4, -0.2) is 30.8 Å². The summed E-state index contributed by atoms with van der Waals surface area (Å²) in [5.41, 5.74) is 0. The summed E-state index contributed by atoms with van der Waals surface area (Å²) < 4.78 is 0. The molecule has 0 spiro atoms. The van der Waals surface area contributed by atoms with Crippen LogP contribution in [0.15, 0.2) is 17.3 Å². The van der Waals surface area contributed by atoms with Gasteiger partial charge in [0.1, 0.15) is 12.9 Å². The molecule has 1 amide bonds. The summed E-state index contributed by atoms with van der Waals surface area (Å²) in [5, 5.41) is 3.67. The van der Waals surface area contributed by atoms with Crippen molar-refractivity contribution in [3.63, 3.8) is 0 Å². The molecule has 4 nitrogen and oxygen atoms in total. The van der Waals surface area contributed by atoms with Crippen molar-refractivity contribution in [3.05, 3.63) is 12.2 Å². The first-order chi connectivity index (χ1) is 6.76. The van der Waals surface area contributed by atoms with Crippen molar-refractivity contribution >= 4 is 12.2 Å². The molecule has 0 radical (unpaired) electrons. The quantitative estimate of drug-likeness (QED) is 0.215. The number of carbonyl (C=O) groups excluding carboxylic acids is 1. The Morgan fingerprint density at radius 1 is 1.50 bits per heavy atom. The van der Waals surface area contributed by atoms with Crippen LogP contribution in [0.5, 0.6) is 0 Å². The van der Waals surface area contributed by atoms with E-state index in [1.165, 1.54) is 12.0 Å². The van der Waals surface area contributed by atoms with Gasteiger partial charge in [-0.25, -0.2) is 0 Å². The zero-order chi connectivity index (χ0) is 10.8. The lowest BCUT2D eigenvalue weighted by atomic mass is 10.3. The summed E-state index contributed by atoms with van der Waals surface area (Å²) in [6.45, 7) is 4.38. The molecular formula is C10H18N2O2. The number of carbonyl (C=O) groups is 1. The largest absolute Gasteiger partial charge is 0.398 e. The summed E-state index contributed by atoms with van der Waals surface area (Å²) in [6.07, 6.45) is 6.90. The number of hydrogen-bond donors (Lipinski definition) is 0. The van der Waals surface area contributed by atoms with Gasteiger partial charge in [0.25, 0.3) is 0 Å². The second-order valence-electron chi connectivity index (χ2n) is 2.84. The molecule has 0 saturated heterocycles. The van der Waals surface area contributed by atoms with Crippen molar-refractivity contribution in [1.82, 2.24) is 4.90 Å². The maximum Gasteiger partial charge on any atom is 0.215 e. The topological polar surface area (TPSA) is 41.9 Å².